The van der Waals surface area contributed by atoms with Crippen molar-refractivity contribution in [2.24, 2.45) is 7.05 Å². The Kier molecular flexibility index (Phi) is 3.52. The third-order valence-corrected chi connectivity index (χ3v) is 4.34. The maximum Gasteiger partial charge on any atom is 0.415 e. The number of halogens is 1. The van der Waals surface area contributed by atoms with Crippen molar-refractivity contribution in [1.82, 2.24) is 19.4 Å². The summed E-state index contributed by atoms with van der Waals surface area (Å²) in [7, 11) is 1.83. The summed E-state index contributed by atoms with van der Waals surface area (Å²) in [6.45, 7) is 1.29. The Morgan fingerprint density at radius 1 is 1.32 bits per heavy atom. The first-order valence-electron chi connectivity index (χ1n) is 7.87. The summed E-state index contributed by atoms with van der Waals surface area (Å²) in [6, 6.07) is 4.45. The molecule has 7 nitrogen and oxygen atoms in total. The number of anilines is 1. The molecule has 0 aliphatic carbocycles. The van der Waals surface area contributed by atoms with Crippen LogP contribution in [0.2, 0.25) is 0 Å². The Hall–Kier alpha value is -3.16. The molecule has 0 bridgehead atoms. The monoisotopic (exact) mass is 341 g/mol. The molecular formula is C17H16FN5O2. The highest BCUT2D eigenvalue weighted by atomic mass is 19.1. The third kappa shape index (κ3) is 2.55. The number of aryl methyl sites for hydroxylation is 1. The van der Waals surface area contributed by atoms with Gasteiger partial charge in [0.15, 0.2) is 11.6 Å². The summed E-state index contributed by atoms with van der Waals surface area (Å²) >= 11 is 0. The molecule has 0 spiro atoms. The fraction of sp³-hybridized carbons (Fsp3) is 0.235. The van der Waals surface area contributed by atoms with Gasteiger partial charge in [0, 0.05) is 31.9 Å². The average Bonchev–Trinajstić information content (AvgIpc) is 2.86. The number of fused-ring (bicyclic) bond motifs is 1. The lowest BCUT2D eigenvalue weighted by Gasteiger charge is -2.29. The van der Waals surface area contributed by atoms with Gasteiger partial charge in [0.05, 0.1) is 5.39 Å². The summed E-state index contributed by atoms with van der Waals surface area (Å²) in [5.41, 5.74) is 7.95. The second-order valence-corrected chi connectivity index (χ2v) is 5.96. The number of nitrogens with zero attached hydrogens (tertiary/aromatic N) is 4. The lowest BCUT2D eigenvalue weighted by atomic mass is 10.1. The summed E-state index contributed by atoms with van der Waals surface area (Å²) < 4.78 is 21.3. The molecule has 3 heterocycles. The van der Waals surface area contributed by atoms with E-state index in [1.165, 1.54) is 23.4 Å². The average molecular weight is 341 g/mol. The van der Waals surface area contributed by atoms with Gasteiger partial charge >= 0.3 is 6.09 Å². The van der Waals surface area contributed by atoms with Crippen LogP contribution in [-0.2, 0) is 7.05 Å². The van der Waals surface area contributed by atoms with Gasteiger partial charge in [0.2, 0.25) is 0 Å². The Morgan fingerprint density at radius 2 is 2.12 bits per heavy atom. The Bertz CT molecular complexity index is 981. The summed E-state index contributed by atoms with van der Waals surface area (Å²) in [6.07, 6.45) is 3.62. The maximum atomic E-state index is 14.4. The molecule has 1 aromatic carbocycles. The van der Waals surface area contributed by atoms with E-state index in [-0.39, 0.29) is 5.75 Å². The van der Waals surface area contributed by atoms with Crippen LogP contribution in [0.4, 0.5) is 15.0 Å². The summed E-state index contributed by atoms with van der Waals surface area (Å²) in [5.74, 6) is -0.377. The second kappa shape index (κ2) is 5.73. The molecule has 1 aliphatic rings. The number of nitrogens with two attached hydrogens (primary N) is 1. The van der Waals surface area contributed by atoms with E-state index in [0.717, 1.165) is 12.0 Å². The molecule has 2 aromatic heterocycles. The minimum Gasteiger partial charge on any atom is -0.407 e. The molecule has 1 fully saturated rings. The van der Waals surface area contributed by atoms with Gasteiger partial charge in [-0.3, -0.25) is 0 Å². The highest BCUT2D eigenvalue weighted by Gasteiger charge is 2.23. The van der Waals surface area contributed by atoms with E-state index in [1.807, 2.05) is 13.2 Å². The van der Waals surface area contributed by atoms with Gasteiger partial charge in [0.1, 0.15) is 17.8 Å². The van der Waals surface area contributed by atoms with Crippen molar-refractivity contribution in [3.63, 3.8) is 0 Å². The molecule has 8 heteroatoms. The Labute approximate surface area is 142 Å². The topological polar surface area (TPSA) is 86.3 Å². The normalized spacial score (nSPS) is 13.8. The standard InChI is InChI=1S/C17H16FN5O2/c1-22-8-11(14-15(19)20-9-21-16(14)22)10-3-4-13(12(18)7-10)25-17(24)23-5-2-6-23/h3-4,7-9H,2,5-6H2,1H3,(H2,19,20,21). The lowest BCUT2D eigenvalue weighted by Crippen LogP contribution is -2.43. The number of carbonyl (C=O) groups excluding carboxylic acids is 1. The zero-order valence-electron chi connectivity index (χ0n) is 13.6. The minimum atomic E-state index is -0.612. The molecule has 0 atom stereocenters. The fourth-order valence-corrected chi connectivity index (χ4v) is 2.86. The van der Waals surface area contributed by atoms with Crippen molar-refractivity contribution in [2.45, 2.75) is 6.42 Å². The van der Waals surface area contributed by atoms with Crippen molar-refractivity contribution >= 4 is 22.9 Å². The zero-order valence-corrected chi connectivity index (χ0v) is 13.6. The molecule has 1 amide bonds. The zero-order chi connectivity index (χ0) is 17.6. The molecule has 0 saturated carbocycles. The van der Waals surface area contributed by atoms with E-state index >= 15 is 0 Å². The molecular weight excluding hydrogens is 325 g/mol. The molecule has 0 unspecified atom stereocenters. The van der Waals surface area contributed by atoms with E-state index in [9.17, 15) is 9.18 Å². The molecule has 0 radical (unpaired) electrons. The number of likely N-dealkylation sites (tertiary alicyclic amines) is 1. The van der Waals surface area contributed by atoms with Gasteiger partial charge in [-0.2, -0.15) is 0 Å². The first-order valence-corrected chi connectivity index (χ1v) is 7.87. The Balaban J connectivity index is 1.70. The van der Waals surface area contributed by atoms with Gasteiger partial charge in [-0.15, -0.1) is 0 Å². The molecule has 2 N–H and O–H groups in total. The molecule has 1 saturated heterocycles. The van der Waals surface area contributed by atoms with Gasteiger partial charge in [0.25, 0.3) is 0 Å². The number of aromatic nitrogens is 3. The van der Waals surface area contributed by atoms with Crippen LogP contribution in [0.5, 0.6) is 5.75 Å². The van der Waals surface area contributed by atoms with Crippen LogP contribution in [0, 0.1) is 5.82 Å². The van der Waals surface area contributed by atoms with E-state index in [0.29, 0.717) is 35.5 Å². The molecule has 1 aliphatic heterocycles. The predicted molar refractivity (Wildman–Crippen MR) is 90.5 cm³/mol. The van der Waals surface area contributed by atoms with Crippen molar-refractivity contribution in [1.29, 1.82) is 0 Å². The Morgan fingerprint density at radius 3 is 2.80 bits per heavy atom. The number of ether oxygens (including phenoxy) is 1. The highest BCUT2D eigenvalue weighted by Crippen LogP contribution is 2.34. The first kappa shape index (κ1) is 15.4. The third-order valence-electron chi connectivity index (χ3n) is 4.34. The fourth-order valence-electron chi connectivity index (χ4n) is 2.86. The number of hydrogen-bond acceptors (Lipinski definition) is 5. The van der Waals surface area contributed by atoms with E-state index in [1.54, 1.807) is 10.6 Å². The second-order valence-electron chi connectivity index (χ2n) is 5.96. The predicted octanol–water partition coefficient (Wildman–Crippen LogP) is 2.56. The van der Waals surface area contributed by atoms with E-state index in [4.69, 9.17) is 10.5 Å². The van der Waals surface area contributed by atoms with Gasteiger partial charge in [-0.1, -0.05) is 6.07 Å². The highest BCUT2D eigenvalue weighted by molar-refractivity contribution is 6.00. The van der Waals surface area contributed by atoms with Crippen LogP contribution in [0.25, 0.3) is 22.2 Å². The van der Waals surface area contributed by atoms with Crippen LogP contribution < -0.4 is 10.5 Å². The van der Waals surface area contributed by atoms with Gasteiger partial charge in [-0.25, -0.2) is 19.2 Å². The number of nitrogen functional groups attached to an aromatic ring is 1. The van der Waals surface area contributed by atoms with Crippen molar-refractivity contribution in [3.8, 4) is 16.9 Å². The SMILES string of the molecule is Cn1cc(-c2ccc(OC(=O)N3CCC3)c(F)c2)c2c(N)ncnc21. The van der Waals surface area contributed by atoms with Crippen LogP contribution >= 0.6 is 0 Å². The van der Waals surface area contributed by atoms with Gasteiger partial charge < -0.3 is 19.9 Å². The molecule has 3 aromatic rings. The van der Waals surface area contributed by atoms with Crippen molar-refractivity contribution in [3.05, 3.63) is 36.5 Å². The van der Waals surface area contributed by atoms with Crippen LogP contribution in [0.15, 0.2) is 30.7 Å². The molecule has 25 heavy (non-hydrogen) atoms. The number of carbonyl (C=O) groups is 1. The smallest absolute Gasteiger partial charge is 0.407 e. The van der Waals surface area contributed by atoms with E-state index in [2.05, 4.69) is 9.97 Å². The number of amides is 1. The number of rotatable bonds is 2. The summed E-state index contributed by atoms with van der Waals surface area (Å²) in [5, 5.41) is 0.662. The lowest BCUT2D eigenvalue weighted by molar-refractivity contribution is 0.123. The van der Waals surface area contributed by atoms with E-state index < -0.39 is 11.9 Å². The van der Waals surface area contributed by atoms with Crippen LogP contribution in [0.3, 0.4) is 0 Å². The van der Waals surface area contributed by atoms with Crippen molar-refractivity contribution in [2.75, 3.05) is 18.8 Å². The van der Waals surface area contributed by atoms with Crippen LogP contribution in [0.1, 0.15) is 6.42 Å². The summed E-state index contributed by atoms with van der Waals surface area (Å²) in [4.78, 5) is 21.6. The molecule has 128 valence electrons. The van der Waals surface area contributed by atoms with Crippen molar-refractivity contribution < 1.29 is 13.9 Å². The quantitative estimate of drug-likeness (QED) is 0.774. The number of hydrogen-bond donors (Lipinski definition) is 1. The first-order chi connectivity index (χ1) is 12.0. The number of benzene rings is 1. The van der Waals surface area contributed by atoms with Crippen LogP contribution in [-0.4, -0.2) is 38.6 Å². The van der Waals surface area contributed by atoms with Gasteiger partial charge in [-0.05, 0) is 24.1 Å². The maximum absolute atomic E-state index is 14.4. The molecule has 4 rings (SSSR count). The largest absolute Gasteiger partial charge is 0.415 e. The minimum absolute atomic E-state index is 0.0925.